The summed E-state index contributed by atoms with van der Waals surface area (Å²) < 4.78 is 26.4. The summed E-state index contributed by atoms with van der Waals surface area (Å²) in [6.07, 6.45) is 1.91. The van der Waals surface area contributed by atoms with E-state index in [-0.39, 0.29) is 13.2 Å². The number of benzene rings is 1. The van der Waals surface area contributed by atoms with Crippen LogP contribution in [0.25, 0.3) is 0 Å². The Bertz CT molecular complexity index is 427. The molecule has 7 heteroatoms. The second-order valence-electron chi connectivity index (χ2n) is 3.72. The molecule has 0 aromatic heterocycles. The Labute approximate surface area is 103 Å². The lowest BCUT2D eigenvalue weighted by atomic mass is 10.2. The number of aliphatic hydroxyl groups is 1. The van der Waals surface area contributed by atoms with Gasteiger partial charge in [0.1, 0.15) is 0 Å². The second kappa shape index (κ2) is 6.85. The highest BCUT2D eigenvalue weighted by Gasteiger charge is 2.20. The minimum absolute atomic E-state index is 0.0640. The van der Waals surface area contributed by atoms with Gasteiger partial charge in [0.15, 0.2) is 17.3 Å². The van der Waals surface area contributed by atoms with E-state index in [1.54, 1.807) is 0 Å². The molecule has 0 unspecified atom stereocenters. The first-order valence-electron chi connectivity index (χ1n) is 5.55. The second-order valence-corrected chi connectivity index (χ2v) is 3.72. The lowest BCUT2D eigenvalue weighted by Crippen LogP contribution is -2.07. The Balaban J connectivity index is 2.73. The maximum absolute atomic E-state index is 13.4. The number of unbranched alkanes of at least 4 members (excludes halogenated alkanes) is 2. The molecule has 0 aliphatic heterocycles. The van der Waals surface area contributed by atoms with Crippen molar-refractivity contribution < 1.29 is 18.8 Å². The van der Waals surface area contributed by atoms with Gasteiger partial charge in [-0.1, -0.05) is 0 Å². The third kappa shape index (κ3) is 3.63. The molecule has 0 saturated heterocycles. The van der Waals surface area contributed by atoms with E-state index in [0.29, 0.717) is 19.3 Å². The first kappa shape index (κ1) is 14.3. The first-order valence-corrected chi connectivity index (χ1v) is 5.55. The van der Waals surface area contributed by atoms with Gasteiger partial charge >= 0.3 is 0 Å². The predicted molar refractivity (Wildman–Crippen MR) is 62.4 cm³/mol. The van der Waals surface area contributed by atoms with Crippen molar-refractivity contribution in [3.05, 3.63) is 33.9 Å². The third-order valence-corrected chi connectivity index (χ3v) is 2.41. The summed E-state index contributed by atoms with van der Waals surface area (Å²) >= 11 is 0. The van der Waals surface area contributed by atoms with E-state index in [9.17, 15) is 18.9 Å². The molecule has 0 atom stereocenters. The molecule has 0 bridgehead atoms. The van der Waals surface area contributed by atoms with Gasteiger partial charge in [-0.25, -0.2) is 8.78 Å². The third-order valence-electron chi connectivity index (χ3n) is 2.41. The normalized spacial score (nSPS) is 10.4. The summed E-state index contributed by atoms with van der Waals surface area (Å²) in [5.41, 5.74) is -0.917. The molecule has 5 nitrogen and oxygen atoms in total. The number of nitrogens with zero attached hydrogens (tertiary/aromatic N) is 1. The van der Waals surface area contributed by atoms with E-state index < -0.39 is 27.9 Å². The molecular formula is C11H14F2N2O3. The zero-order valence-corrected chi connectivity index (χ0v) is 9.66. The van der Waals surface area contributed by atoms with Crippen molar-refractivity contribution in [2.24, 2.45) is 0 Å². The molecule has 0 radical (unpaired) electrons. The Morgan fingerprint density at radius 1 is 1.28 bits per heavy atom. The van der Waals surface area contributed by atoms with Crippen LogP contribution in [0.5, 0.6) is 0 Å². The summed E-state index contributed by atoms with van der Waals surface area (Å²) in [7, 11) is 0. The van der Waals surface area contributed by atoms with Crippen LogP contribution < -0.4 is 5.32 Å². The number of nitro groups is 1. The Hall–Kier alpha value is -1.76. The summed E-state index contributed by atoms with van der Waals surface area (Å²) in [5.74, 6) is -2.37. The number of rotatable bonds is 7. The SMILES string of the molecule is O=[N+]([O-])c1ccc(F)c(F)c1NCCCCCO. The molecule has 0 fully saturated rings. The quantitative estimate of drug-likeness (QED) is 0.448. The molecule has 100 valence electrons. The molecule has 1 rings (SSSR count). The summed E-state index contributed by atoms with van der Waals surface area (Å²) in [4.78, 5) is 9.90. The number of nitro benzene ring substituents is 1. The maximum Gasteiger partial charge on any atom is 0.295 e. The zero-order valence-electron chi connectivity index (χ0n) is 9.66. The van der Waals surface area contributed by atoms with Crippen LogP contribution in [0.4, 0.5) is 20.2 Å². The highest BCUT2D eigenvalue weighted by molar-refractivity contribution is 5.62. The average Bonchev–Trinajstić information content (AvgIpc) is 2.33. The largest absolute Gasteiger partial charge is 0.396 e. The van der Waals surface area contributed by atoms with Gasteiger partial charge in [-0.15, -0.1) is 0 Å². The van der Waals surface area contributed by atoms with Gasteiger partial charge in [0.05, 0.1) is 4.92 Å². The van der Waals surface area contributed by atoms with Crippen molar-refractivity contribution in [1.29, 1.82) is 0 Å². The van der Waals surface area contributed by atoms with E-state index in [0.717, 1.165) is 12.1 Å². The van der Waals surface area contributed by atoms with Crippen molar-refractivity contribution in [2.45, 2.75) is 19.3 Å². The van der Waals surface area contributed by atoms with E-state index in [4.69, 9.17) is 5.11 Å². The summed E-state index contributed by atoms with van der Waals surface area (Å²) in [5, 5.41) is 21.7. The number of anilines is 1. The van der Waals surface area contributed by atoms with Crippen LogP contribution in [0.15, 0.2) is 12.1 Å². The van der Waals surface area contributed by atoms with Gasteiger partial charge < -0.3 is 10.4 Å². The highest BCUT2D eigenvalue weighted by atomic mass is 19.2. The highest BCUT2D eigenvalue weighted by Crippen LogP contribution is 2.28. The molecule has 2 N–H and O–H groups in total. The van der Waals surface area contributed by atoms with Crippen LogP contribution in [0.2, 0.25) is 0 Å². The van der Waals surface area contributed by atoms with Crippen LogP contribution >= 0.6 is 0 Å². The minimum atomic E-state index is -1.24. The fourth-order valence-corrected chi connectivity index (χ4v) is 1.49. The summed E-state index contributed by atoms with van der Waals surface area (Å²) in [6, 6.07) is 1.65. The fourth-order valence-electron chi connectivity index (χ4n) is 1.49. The summed E-state index contributed by atoms with van der Waals surface area (Å²) in [6.45, 7) is 0.343. The number of halogens is 2. The van der Waals surface area contributed by atoms with Gasteiger partial charge in [-0.05, 0) is 25.3 Å². The average molecular weight is 260 g/mol. The van der Waals surface area contributed by atoms with E-state index in [1.165, 1.54) is 0 Å². The molecule has 0 amide bonds. The molecular weight excluding hydrogens is 246 g/mol. The predicted octanol–water partition coefficient (Wildman–Crippen LogP) is 2.45. The van der Waals surface area contributed by atoms with Gasteiger partial charge in [-0.2, -0.15) is 0 Å². The van der Waals surface area contributed by atoms with E-state index in [1.807, 2.05) is 0 Å². The van der Waals surface area contributed by atoms with Crippen LogP contribution in [0, 0.1) is 21.7 Å². The molecule has 1 aromatic carbocycles. The van der Waals surface area contributed by atoms with Gasteiger partial charge in [0, 0.05) is 19.2 Å². The van der Waals surface area contributed by atoms with Crippen molar-refractivity contribution in [3.8, 4) is 0 Å². The van der Waals surface area contributed by atoms with Crippen molar-refractivity contribution in [2.75, 3.05) is 18.5 Å². The van der Waals surface area contributed by atoms with Gasteiger partial charge in [0.2, 0.25) is 0 Å². The lowest BCUT2D eigenvalue weighted by Gasteiger charge is -2.08. The topological polar surface area (TPSA) is 75.4 Å². The lowest BCUT2D eigenvalue weighted by molar-refractivity contribution is -0.384. The molecule has 18 heavy (non-hydrogen) atoms. The Kier molecular flexibility index (Phi) is 5.44. The van der Waals surface area contributed by atoms with E-state index >= 15 is 0 Å². The maximum atomic E-state index is 13.4. The zero-order chi connectivity index (χ0) is 13.5. The number of hydrogen-bond acceptors (Lipinski definition) is 4. The molecule has 0 spiro atoms. The van der Waals surface area contributed by atoms with Crippen molar-refractivity contribution in [3.63, 3.8) is 0 Å². The molecule has 1 aromatic rings. The van der Waals surface area contributed by atoms with Crippen LogP contribution in [-0.2, 0) is 0 Å². The number of aliphatic hydroxyl groups excluding tert-OH is 1. The van der Waals surface area contributed by atoms with Crippen molar-refractivity contribution in [1.82, 2.24) is 0 Å². The van der Waals surface area contributed by atoms with Gasteiger partial charge in [0.25, 0.3) is 5.69 Å². The monoisotopic (exact) mass is 260 g/mol. The van der Waals surface area contributed by atoms with Crippen molar-refractivity contribution >= 4 is 11.4 Å². The van der Waals surface area contributed by atoms with Crippen LogP contribution in [0.1, 0.15) is 19.3 Å². The molecule has 0 saturated carbocycles. The minimum Gasteiger partial charge on any atom is -0.396 e. The van der Waals surface area contributed by atoms with Gasteiger partial charge in [-0.3, -0.25) is 10.1 Å². The number of nitrogens with one attached hydrogen (secondary N) is 1. The Morgan fingerprint density at radius 3 is 2.61 bits per heavy atom. The molecule has 0 heterocycles. The van der Waals surface area contributed by atoms with Crippen LogP contribution in [0.3, 0.4) is 0 Å². The number of hydrogen-bond donors (Lipinski definition) is 2. The first-order chi connectivity index (χ1) is 8.57. The fraction of sp³-hybridized carbons (Fsp3) is 0.455. The molecule has 0 aliphatic carbocycles. The Morgan fingerprint density at radius 2 is 2.00 bits per heavy atom. The van der Waals surface area contributed by atoms with E-state index in [2.05, 4.69) is 5.32 Å². The smallest absolute Gasteiger partial charge is 0.295 e. The molecule has 0 aliphatic rings. The standard InChI is InChI=1S/C11H14F2N2O3/c12-8-4-5-9(15(17)18)11(10(8)13)14-6-2-1-3-7-16/h4-5,14,16H,1-3,6-7H2. The van der Waals surface area contributed by atoms with Crippen LogP contribution in [-0.4, -0.2) is 23.2 Å².